The molecule has 2 aliphatic rings. The summed E-state index contributed by atoms with van der Waals surface area (Å²) in [6.07, 6.45) is 4.86. The first-order chi connectivity index (χ1) is 20.5. The lowest BCUT2D eigenvalue weighted by Gasteiger charge is -2.29. The van der Waals surface area contributed by atoms with Crippen LogP contribution in [0.25, 0.3) is 26.4 Å². The van der Waals surface area contributed by atoms with Crippen LogP contribution in [0.3, 0.4) is 0 Å². The van der Waals surface area contributed by atoms with E-state index in [0.717, 1.165) is 54.6 Å². The van der Waals surface area contributed by atoms with Gasteiger partial charge in [-0.3, -0.25) is 9.20 Å². The molecule has 6 rings (SSSR count). The first-order valence-corrected chi connectivity index (χ1v) is 15.6. The summed E-state index contributed by atoms with van der Waals surface area (Å²) in [5.41, 5.74) is 2.37. The van der Waals surface area contributed by atoms with Crippen molar-refractivity contribution in [2.24, 2.45) is 0 Å². The molecule has 2 aliphatic heterocycles. The Bertz CT molecular complexity index is 1680. The maximum absolute atomic E-state index is 15.6. The topological polar surface area (TPSA) is 88.4 Å². The van der Waals surface area contributed by atoms with Crippen molar-refractivity contribution in [2.45, 2.75) is 64.1 Å². The first-order valence-electron chi connectivity index (χ1n) is 14.8. The van der Waals surface area contributed by atoms with E-state index >= 15 is 4.39 Å². The molecule has 2 fully saturated rings. The van der Waals surface area contributed by atoms with Crippen molar-refractivity contribution in [3.8, 4) is 17.0 Å². The average Bonchev–Trinajstić information content (AvgIpc) is 3.67. The predicted molar refractivity (Wildman–Crippen MR) is 165 cm³/mol. The fourth-order valence-corrected chi connectivity index (χ4v) is 7.05. The number of hydrogen-bond acceptors (Lipinski definition) is 7. The van der Waals surface area contributed by atoms with E-state index in [9.17, 15) is 9.59 Å². The fourth-order valence-electron chi connectivity index (χ4n) is 6.02. The van der Waals surface area contributed by atoms with Crippen LogP contribution < -0.4 is 10.1 Å². The van der Waals surface area contributed by atoms with Crippen LogP contribution in [0.1, 0.15) is 68.4 Å². The summed E-state index contributed by atoms with van der Waals surface area (Å²) in [6, 6.07) is 8.72. The van der Waals surface area contributed by atoms with Gasteiger partial charge in [0.15, 0.2) is 4.96 Å². The molecule has 228 valence electrons. The summed E-state index contributed by atoms with van der Waals surface area (Å²) in [7, 11) is 3.65. The number of likely N-dealkylation sites (tertiary alicyclic amines) is 2. The highest BCUT2D eigenvalue weighted by Gasteiger charge is 2.33. The number of halogens is 1. The molecule has 43 heavy (non-hydrogen) atoms. The molecule has 0 unspecified atom stereocenters. The van der Waals surface area contributed by atoms with Gasteiger partial charge in [-0.15, -0.1) is 0 Å². The molecule has 0 saturated carbocycles. The number of aromatic nitrogens is 2. The lowest BCUT2D eigenvalue weighted by Crippen LogP contribution is -2.43. The first kappa shape index (κ1) is 29.4. The third-order valence-electron chi connectivity index (χ3n) is 8.25. The standard InChI is InChI=1S/C32H38FN5O4S/c1-32(2,3)42-31(40)37-12-6-7-25(37)19-8-9-21(23(33)15-19)24-18-38-26-17-27(41-5)22(16-28(26)43-30(38)35-24)29(39)34-20-10-13-36(4)14-11-20/h8-9,15-18,20,25H,6-7,10-14H2,1-5H3,(H,34,39)/t25-/m1/s1. The van der Waals surface area contributed by atoms with Crippen molar-refractivity contribution >= 4 is 38.5 Å². The smallest absolute Gasteiger partial charge is 0.410 e. The van der Waals surface area contributed by atoms with E-state index < -0.39 is 11.4 Å². The number of benzene rings is 2. The number of carbonyl (C=O) groups excluding carboxylic acids is 2. The molecule has 4 heterocycles. The third-order valence-corrected chi connectivity index (χ3v) is 9.27. The third kappa shape index (κ3) is 5.92. The normalized spacial score (nSPS) is 18.5. The summed E-state index contributed by atoms with van der Waals surface area (Å²) >= 11 is 1.44. The van der Waals surface area contributed by atoms with E-state index in [1.165, 1.54) is 17.4 Å². The maximum atomic E-state index is 15.6. The minimum absolute atomic E-state index is 0.141. The van der Waals surface area contributed by atoms with Gasteiger partial charge < -0.3 is 24.6 Å². The largest absolute Gasteiger partial charge is 0.496 e. The van der Waals surface area contributed by atoms with Crippen molar-refractivity contribution in [3.63, 3.8) is 0 Å². The van der Waals surface area contributed by atoms with Gasteiger partial charge in [0.05, 0.1) is 34.6 Å². The molecule has 2 aromatic carbocycles. The van der Waals surface area contributed by atoms with Gasteiger partial charge in [-0.2, -0.15) is 0 Å². The minimum Gasteiger partial charge on any atom is -0.496 e. The Morgan fingerprint density at radius 2 is 1.86 bits per heavy atom. The van der Waals surface area contributed by atoms with Crippen LogP contribution in [0.5, 0.6) is 5.75 Å². The van der Waals surface area contributed by atoms with E-state index in [1.54, 1.807) is 18.1 Å². The quantitative estimate of drug-likeness (QED) is 0.288. The molecule has 0 spiro atoms. The number of methoxy groups -OCH3 is 1. The van der Waals surface area contributed by atoms with Gasteiger partial charge in [0.25, 0.3) is 5.91 Å². The van der Waals surface area contributed by atoms with Gasteiger partial charge in [0, 0.05) is 30.4 Å². The molecule has 2 saturated heterocycles. The Morgan fingerprint density at radius 1 is 1.09 bits per heavy atom. The summed E-state index contributed by atoms with van der Waals surface area (Å²) in [5, 5.41) is 3.17. The second kappa shape index (κ2) is 11.4. The molecule has 9 nitrogen and oxygen atoms in total. The maximum Gasteiger partial charge on any atom is 0.410 e. The highest BCUT2D eigenvalue weighted by Crippen LogP contribution is 2.37. The average molecular weight is 608 g/mol. The van der Waals surface area contributed by atoms with E-state index in [4.69, 9.17) is 14.5 Å². The van der Waals surface area contributed by atoms with E-state index in [0.29, 0.717) is 34.1 Å². The van der Waals surface area contributed by atoms with Gasteiger partial charge in [0.2, 0.25) is 0 Å². The lowest BCUT2D eigenvalue weighted by atomic mass is 10.0. The van der Waals surface area contributed by atoms with Crippen LogP contribution in [0.4, 0.5) is 9.18 Å². The van der Waals surface area contributed by atoms with Crippen LogP contribution in [0.15, 0.2) is 36.5 Å². The Labute approximate surface area is 254 Å². The van der Waals surface area contributed by atoms with Gasteiger partial charge in [-0.1, -0.05) is 17.4 Å². The number of nitrogens with zero attached hydrogens (tertiary/aromatic N) is 4. The van der Waals surface area contributed by atoms with Crippen LogP contribution in [0.2, 0.25) is 0 Å². The minimum atomic E-state index is -0.595. The van der Waals surface area contributed by atoms with Crippen molar-refractivity contribution in [1.82, 2.24) is 24.5 Å². The number of amides is 2. The van der Waals surface area contributed by atoms with Crippen LogP contribution >= 0.6 is 11.3 Å². The van der Waals surface area contributed by atoms with Crippen molar-refractivity contribution in [2.75, 3.05) is 33.8 Å². The number of fused-ring (bicyclic) bond motifs is 3. The highest BCUT2D eigenvalue weighted by atomic mass is 32.1. The zero-order chi connectivity index (χ0) is 30.5. The number of imidazole rings is 1. The summed E-state index contributed by atoms with van der Waals surface area (Å²) in [5.74, 6) is -0.0572. The molecule has 0 bridgehead atoms. The number of thiazole rings is 1. The Balaban J connectivity index is 1.25. The number of ether oxygens (including phenoxy) is 2. The van der Waals surface area contributed by atoms with Gasteiger partial charge >= 0.3 is 6.09 Å². The molecule has 0 radical (unpaired) electrons. The van der Waals surface area contributed by atoms with Gasteiger partial charge in [-0.05, 0) is 90.4 Å². The van der Waals surface area contributed by atoms with Gasteiger partial charge in [-0.25, -0.2) is 14.2 Å². The zero-order valence-electron chi connectivity index (χ0n) is 25.3. The lowest BCUT2D eigenvalue weighted by molar-refractivity contribution is 0.0224. The molecule has 2 aromatic heterocycles. The molecule has 4 aromatic rings. The number of carbonyl (C=O) groups is 2. The summed E-state index contributed by atoms with van der Waals surface area (Å²) in [6.45, 7) is 8.02. The number of rotatable bonds is 5. The SMILES string of the molecule is COc1cc2c(cc1C(=O)NC1CCN(C)CC1)sc1nc(-c3ccc([C@H]4CCCN4C(=O)OC(C)(C)C)cc3F)cn12. The van der Waals surface area contributed by atoms with E-state index in [-0.39, 0.29) is 24.1 Å². The second-order valence-electron chi connectivity index (χ2n) is 12.5. The highest BCUT2D eigenvalue weighted by molar-refractivity contribution is 7.23. The summed E-state index contributed by atoms with van der Waals surface area (Å²) in [4.78, 5) is 35.3. The van der Waals surface area contributed by atoms with E-state index in [1.807, 2.05) is 49.6 Å². The molecule has 1 N–H and O–H groups in total. The zero-order valence-corrected chi connectivity index (χ0v) is 26.1. The molecule has 1 atom stereocenters. The molecular formula is C32H38FN5O4S. The van der Waals surface area contributed by atoms with Gasteiger partial charge in [0.1, 0.15) is 17.2 Å². The predicted octanol–water partition coefficient (Wildman–Crippen LogP) is 6.26. The molecular weight excluding hydrogens is 569 g/mol. The monoisotopic (exact) mass is 607 g/mol. The van der Waals surface area contributed by atoms with Crippen LogP contribution in [-0.4, -0.2) is 76.6 Å². The number of hydrogen-bond donors (Lipinski definition) is 1. The Morgan fingerprint density at radius 3 is 2.56 bits per heavy atom. The fraction of sp³-hybridized carbons (Fsp3) is 0.469. The molecule has 2 amide bonds. The van der Waals surface area contributed by atoms with Crippen molar-refractivity contribution < 1.29 is 23.5 Å². The molecule has 11 heteroatoms. The summed E-state index contributed by atoms with van der Waals surface area (Å²) < 4.78 is 29.6. The van der Waals surface area contributed by atoms with E-state index in [2.05, 4.69) is 17.3 Å². The van der Waals surface area contributed by atoms with Crippen molar-refractivity contribution in [3.05, 3.63) is 53.5 Å². The van der Waals surface area contributed by atoms with Crippen molar-refractivity contribution in [1.29, 1.82) is 0 Å². The molecule has 0 aliphatic carbocycles. The number of nitrogens with one attached hydrogen (secondary N) is 1. The second-order valence-corrected chi connectivity index (χ2v) is 13.5. The van der Waals surface area contributed by atoms with Crippen LogP contribution in [-0.2, 0) is 4.74 Å². The Kier molecular flexibility index (Phi) is 7.80. The Hall–Kier alpha value is -3.70. The number of piperidine rings is 1. The van der Waals surface area contributed by atoms with Crippen LogP contribution in [0, 0.1) is 5.82 Å².